The molecule has 0 saturated carbocycles. The second-order valence-corrected chi connectivity index (χ2v) is 5.26. The van der Waals surface area contributed by atoms with Crippen LogP contribution in [0.3, 0.4) is 0 Å². The Morgan fingerprint density at radius 3 is 2.32 bits per heavy atom. The maximum Gasteiger partial charge on any atom is 0.354 e. The molecule has 0 radical (unpaired) electrons. The maximum atomic E-state index is 11.7. The Morgan fingerprint density at radius 2 is 1.82 bits per heavy atom. The molecule has 0 atom stereocenters. The lowest BCUT2D eigenvalue weighted by molar-refractivity contribution is -0.138. The Labute approximate surface area is 136 Å². The quantitative estimate of drug-likeness (QED) is 0.488. The van der Waals surface area contributed by atoms with Crippen LogP contribution in [0.2, 0.25) is 0 Å². The zero-order valence-corrected chi connectivity index (χ0v) is 14.2. The number of hydrogen-bond donors (Lipinski definition) is 1. The third-order valence-electron chi connectivity index (χ3n) is 2.82. The highest BCUT2D eigenvalue weighted by Gasteiger charge is 2.17. The van der Waals surface area contributed by atoms with Crippen molar-refractivity contribution in [1.82, 2.24) is 0 Å². The van der Waals surface area contributed by atoms with E-state index in [4.69, 9.17) is 0 Å². The lowest BCUT2D eigenvalue weighted by atomic mass is 10.1. The number of anilines is 1. The van der Waals surface area contributed by atoms with Crippen molar-refractivity contribution in [2.45, 2.75) is 13.8 Å². The lowest BCUT2D eigenvalue weighted by Gasteiger charge is -2.14. The molecule has 7 heteroatoms. The molecule has 0 spiro atoms. The van der Waals surface area contributed by atoms with E-state index < -0.39 is 11.9 Å². The summed E-state index contributed by atoms with van der Waals surface area (Å²) in [6.45, 7) is 3.24. The minimum absolute atomic E-state index is 0.126. The third-order valence-corrected chi connectivity index (χ3v) is 3.67. The summed E-state index contributed by atoms with van der Waals surface area (Å²) in [6, 6.07) is 3.34. The van der Waals surface area contributed by atoms with Gasteiger partial charge < -0.3 is 14.8 Å². The van der Waals surface area contributed by atoms with Crippen molar-refractivity contribution in [2.75, 3.05) is 19.5 Å². The van der Waals surface area contributed by atoms with Crippen LogP contribution in [-0.4, -0.2) is 31.9 Å². The van der Waals surface area contributed by atoms with Crippen LogP contribution in [0.5, 0.6) is 0 Å². The van der Waals surface area contributed by atoms with Gasteiger partial charge in [0.25, 0.3) is 0 Å². The summed E-state index contributed by atoms with van der Waals surface area (Å²) in [4.78, 5) is 34.8. The van der Waals surface area contributed by atoms with E-state index in [1.807, 2.05) is 6.92 Å². The molecule has 0 fully saturated rings. The molecule has 1 rings (SSSR count). The van der Waals surface area contributed by atoms with Crippen LogP contribution in [0, 0.1) is 6.92 Å². The van der Waals surface area contributed by atoms with E-state index in [0.29, 0.717) is 11.3 Å². The molecule has 0 aliphatic rings. The Balaban J connectivity index is 3.32. The first kappa shape index (κ1) is 17.9. The van der Waals surface area contributed by atoms with Crippen LogP contribution in [0.1, 0.15) is 22.8 Å². The second-order valence-electron chi connectivity index (χ2n) is 4.40. The van der Waals surface area contributed by atoms with Gasteiger partial charge in [-0.2, -0.15) is 0 Å². The number of methoxy groups -OCH3 is 2. The molecule has 0 unspecified atom stereocenters. The first-order chi connectivity index (χ1) is 10.3. The zero-order valence-electron chi connectivity index (χ0n) is 12.7. The van der Waals surface area contributed by atoms with Gasteiger partial charge in [0, 0.05) is 15.7 Å². The summed E-state index contributed by atoms with van der Waals surface area (Å²) in [7, 11) is 2.38. The van der Waals surface area contributed by atoms with Crippen LogP contribution in [0.25, 0.3) is 0 Å². The average molecular weight is 370 g/mol. The van der Waals surface area contributed by atoms with Crippen molar-refractivity contribution >= 4 is 39.3 Å². The number of carbonyl (C=O) groups excluding carboxylic acids is 3. The first-order valence-corrected chi connectivity index (χ1v) is 7.05. The van der Waals surface area contributed by atoms with Crippen molar-refractivity contribution in [3.63, 3.8) is 0 Å². The van der Waals surface area contributed by atoms with Gasteiger partial charge in [0.2, 0.25) is 0 Å². The Hall–Kier alpha value is -2.15. The maximum absolute atomic E-state index is 11.7. The number of aryl methyl sites for hydroxylation is 1. The molecular formula is C15H16BrNO5. The summed E-state index contributed by atoms with van der Waals surface area (Å²) in [5.41, 5.74) is 1.50. The zero-order chi connectivity index (χ0) is 16.9. The molecule has 1 N–H and O–H groups in total. The highest BCUT2D eigenvalue weighted by molar-refractivity contribution is 9.10. The van der Waals surface area contributed by atoms with Gasteiger partial charge in [-0.05, 0) is 31.5 Å². The summed E-state index contributed by atoms with van der Waals surface area (Å²) in [5.74, 6) is -1.66. The molecule has 0 heterocycles. The van der Waals surface area contributed by atoms with Crippen LogP contribution in [-0.2, 0) is 19.1 Å². The fourth-order valence-corrected chi connectivity index (χ4v) is 2.00. The number of esters is 2. The van der Waals surface area contributed by atoms with Crippen LogP contribution in [0.4, 0.5) is 5.69 Å². The topological polar surface area (TPSA) is 81.7 Å². The molecule has 6 nitrogen and oxygen atoms in total. The number of carbonyl (C=O) groups is 3. The molecule has 0 amide bonds. The Kier molecular flexibility index (Phi) is 6.30. The molecular weight excluding hydrogens is 354 g/mol. The largest absolute Gasteiger partial charge is 0.466 e. The smallest absolute Gasteiger partial charge is 0.354 e. The summed E-state index contributed by atoms with van der Waals surface area (Å²) in [5, 5.41) is 2.76. The summed E-state index contributed by atoms with van der Waals surface area (Å²) < 4.78 is 9.87. The van der Waals surface area contributed by atoms with Gasteiger partial charge in [0.05, 0.1) is 20.3 Å². The van der Waals surface area contributed by atoms with E-state index in [2.05, 4.69) is 30.7 Å². The molecule has 118 valence electrons. The second kappa shape index (κ2) is 7.74. The number of rotatable bonds is 5. The van der Waals surface area contributed by atoms with E-state index >= 15 is 0 Å². The Bertz CT molecular complexity index is 652. The predicted molar refractivity (Wildman–Crippen MR) is 84.6 cm³/mol. The molecule has 0 aliphatic carbocycles. The highest BCUT2D eigenvalue weighted by atomic mass is 79.9. The van der Waals surface area contributed by atoms with Crippen LogP contribution in [0.15, 0.2) is 28.4 Å². The molecule has 22 heavy (non-hydrogen) atoms. The number of ketones is 1. The lowest BCUT2D eigenvalue weighted by Crippen LogP contribution is -2.17. The highest BCUT2D eigenvalue weighted by Crippen LogP contribution is 2.27. The van der Waals surface area contributed by atoms with E-state index in [9.17, 15) is 14.4 Å². The monoisotopic (exact) mass is 369 g/mol. The first-order valence-electron chi connectivity index (χ1n) is 6.26. The van der Waals surface area contributed by atoms with E-state index in [1.165, 1.54) is 21.1 Å². The minimum atomic E-state index is -0.750. The number of halogens is 1. The van der Waals surface area contributed by atoms with E-state index in [1.54, 1.807) is 12.1 Å². The number of Topliss-reactive ketones (excluding diaryl/α,β-unsaturated/α-hetero) is 1. The van der Waals surface area contributed by atoms with Crippen molar-refractivity contribution < 1.29 is 23.9 Å². The van der Waals surface area contributed by atoms with Crippen LogP contribution < -0.4 is 5.32 Å². The number of hydrogen-bond acceptors (Lipinski definition) is 6. The van der Waals surface area contributed by atoms with Gasteiger partial charge in [0.1, 0.15) is 5.70 Å². The van der Waals surface area contributed by atoms with E-state index in [0.717, 1.165) is 16.1 Å². The van der Waals surface area contributed by atoms with Crippen molar-refractivity contribution in [3.8, 4) is 0 Å². The molecule has 1 aromatic carbocycles. The van der Waals surface area contributed by atoms with Gasteiger partial charge in [0.15, 0.2) is 5.78 Å². The van der Waals surface area contributed by atoms with Gasteiger partial charge >= 0.3 is 11.9 Å². The minimum Gasteiger partial charge on any atom is -0.466 e. The molecule has 0 saturated heterocycles. The normalized spacial score (nSPS) is 10.9. The fraction of sp³-hybridized carbons (Fsp3) is 0.267. The number of benzene rings is 1. The van der Waals surface area contributed by atoms with Gasteiger partial charge in [-0.3, -0.25) is 4.79 Å². The van der Waals surface area contributed by atoms with Crippen LogP contribution >= 0.6 is 15.9 Å². The molecule has 0 aromatic heterocycles. The van der Waals surface area contributed by atoms with Crippen molar-refractivity contribution in [1.29, 1.82) is 0 Å². The number of ether oxygens (including phenoxy) is 2. The molecule has 0 aliphatic heterocycles. The standard InChI is InChI=1S/C15H16BrNO5/c1-8-5-12(10(9(2)18)6-11(8)16)17-13(15(20)22-4)7-14(19)21-3/h5-7,17H,1-4H3/b13-7+. The van der Waals surface area contributed by atoms with Crippen molar-refractivity contribution in [2.24, 2.45) is 0 Å². The molecule has 1 aromatic rings. The SMILES string of the molecule is COC(=O)/C=C(/Nc1cc(C)c(Br)cc1C(C)=O)C(=O)OC. The van der Waals surface area contributed by atoms with Gasteiger partial charge in [-0.25, -0.2) is 9.59 Å². The van der Waals surface area contributed by atoms with Gasteiger partial charge in [-0.15, -0.1) is 0 Å². The van der Waals surface area contributed by atoms with Crippen molar-refractivity contribution in [3.05, 3.63) is 39.5 Å². The predicted octanol–water partition coefficient (Wildman–Crippen LogP) is 2.60. The third kappa shape index (κ3) is 4.42. The molecule has 0 bridgehead atoms. The fourth-order valence-electron chi connectivity index (χ4n) is 1.65. The van der Waals surface area contributed by atoms with Gasteiger partial charge in [-0.1, -0.05) is 15.9 Å². The summed E-state index contributed by atoms with van der Waals surface area (Å²) in [6.07, 6.45) is 0.965. The summed E-state index contributed by atoms with van der Waals surface area (Å²) >= 11 is 3.35. The Morgan fingerprint density at radius 1 is 1.18 bits per heavy atom. The average Bonchev–Trinajstić information content (AvgIpc) is 2.48. The van der Waals surface area contributed by atoms with E-state index in [-0.39, 0.29) is 11.5 Å². The number of nitrogens with one attached hydrogen (secondary N) is 1.